The average molecular weight is 441 g/mol. The van der Waals surface area contributed by atoms with Gasteiger partial charge in [-0.05, 0) is 45.4 Å². The molecule has 0 amide bonds. The first-order valence-corrected chi connectivity index (χ1v) is 9.93. The van der Waals surface area contributed by atoms with Crippen molar-refractivity contribution in [3.63, 3.8) is 0 Å². The van der Waals surface area contributed by atoms with Gasteiger partial charge in [-0.1, -0.05) is 0 Å². The smallest absolute Gasteiger partial charge is 0.340 e. The predicted octanol–water partition coefficient (Wildman–Crippen LogP) is 4.17. The minimum Gasteiger partial charge on any atom is -0.507 e. The lowest BCUT2D eigenvalue weighted by molar-refractivity contribution is 0.00713. The molecule has 0 aliphatic rings. The van der Waals surface area contributed by atoms with E-state index in [0.29, 0.717) is 5.52 Å². The van der Waals surface area contributed by atoms with Crippen molar-refractivity contribution in [3.8, 4) is 23.0 Å². The normalized spacial score (nSPS) is 11.3. The van der Waals surface area contributed by atoms with Gasteiger partial charge < -0.3 is 28.5 Å². The summed E-state index contributed by atoms with van der Waals surface area (Å²) in [5, 5.41) is 10.6. The fourth-order valence-electron chi connectivity index (χ4n) is 3.48. The summed E-state index contributed by atoms with van der Waals surface area (Å²) in [4.78, 5) is 26.4. The Morgan fingerprint density at radius 2 is 1.59 bits per heavy atom. The molecule has 0 aliphatic heterocycles. The number of aryl methyl sites for hydroxylation is 1. The molecule has 0 aliphatic carbocycles. The lowest BCUT2D eigenvalue weighted by Crippen LogP contribution is -2.24. The van der Waals surface area contributed by atoms with E-state index in [1.165, 1.54) is 33.5 Å². The summed E-state index contributed by atoms with van der Waals surface area (Å²) in [6.07, 6.45) is 3.39. The monoisotopic (exact) mass is 441 g/mol. The van der Waals surface area contributed by atoms with Crippen molar-refractivity contribution >= 4 is 17.3 Å². The van der Waals surface area contributed by atoms with Gasteiger partial charge in [-0.15, -0.1) is 0 Å². The zero-order valence-electron chi connectivity index (χ0n) is 19.2. The molecule has 2 heterocycles. The zero-order chi connectivity index (χ0) is 23.8. The van der Waals surface area contributed by atoms with Crippen LogP contribution in [0.25, 0.3) is 5.52 Å². The largest absolute Gasteiger partial charge is 0.507 e. The Kier molecular flexibility index (Phi) is 6.07. The van der Waals surface area contributed by atoms with E-state index in [2.05, 4.69) is 0 Å². The highest BCUT2D eigenvalue weighted by atomic mass is 16.6. The van der Waals surface area contributed by atoms with Gasteiger partial charge in [0.2, 0.25) is 11.5 Å². The Morgan fingerprint density at radius 3 is 2.16 bits per heavy atom. The van der Waals surface area contributed by atoms with Crippen molar-refractivity contribution in [2.75, 3.05) is 21.3 Å². The molecule has 3 aromatic rings. The zero-order valence-corrected chi connectivity index (χ0v) is 19.2. The standard InChI is InChI=1S/C24H27NO7/c1-13-8-16-15(23(28)32-24(2,3)4)9-14(12-25(16)11-13)20(27)19-17(26)10-18(29-5)21(30-6)22(19)31-7/h8-12,26H,1-7H3. The molecule has 0 radical (unpaired) electrons. The van der Waals surface area contributed by atoms with E-state index in [-0.39, 0.29) is 39.7 Å². The Bertz CT molecular complexity index is 1200. The SMILES string of the molecule is COc1cc(O)c(C(=O)c2cc(C(=O)OC(C)(C)C)c3cc(C)cn3c2)c(OC)c1OC. The molecule has 32 heavy (non-hydrogen) atoms. The van der Waals surface area contributed by atoms with Gasteiger partial charge in [0.15, 0.2) is 11.5 Å². The molecule has 0 bridgehead atoms. The van der Waals surface area contributed by atoms with Gasteiger partial charge in [0.1, 0.15) is 16.9 Å². The van der Waals surface area contributed by atoms with Gasteiger partial charge in [-0.25, -0.2) is 4.79 Å². The number of rotatable bonds is 6. The number of fused-ring (bicyclic) bond motifs is 1. The van der Waals surface area contributed by atoms with Crippen LogP contribution in [0.4, 0.5) is 0 Å². The first-order valence-electron chi connectivity index (χ1n) is 9.93. The number of ether oxygens (including phenoxy) is 4. The van der Waals surface area contributed by atoms with Gasteiger partial charge in [0, 0.05) is 24.0 Å². The maximum absolute atomic E-state index is 13.5. The van der Waals surface area contributed by atoms with Gasteiger partial charge in [-0.2, -0.15) is 0 Å². The Morgan fingerprint density at radius 1 is 0.938 bits per heavy atom. The van der Waals surface area contributed by atoms with E-state index in [0.717, 1.165) is 5.56 Å². The minimum absolute atomic E-state index is 0.0250. The highest BCUT2D eigenvalue weighted by Gasteiger charge is 2.28. The number of esters is 1. The minimum atomic E-state index is -0.708. The summed E-state index contributed by atoms with van der Waals surface area (Å²) in [7, 11) is 4.17. The molecule has 0 fully saturated rings. The molecule has 0 atom stereocenters. The number of aromatic hydroxyl groups is 1. The first kappa shape index (κ1) is 23.0. The molecule has 8 nitrogen and oxygen atoms in total. The number of pyridine rings is 1. The quantitative estimate of drug-likeness (QED) is 0.453. The van der Waals surface area contributed by atoms with Crippen molar-refractivity contribution in [3.05, 3.63) is 52.8 Å². The van der Waals surface area contributed by atoms with Crippen LogP contribution in [0.2, 0.25) is 0 Å². The van der Waals surface area contributed by atoms with Crippen LogP contribution in [-0.4, -0.2) is 48.2 Å². The van der Waals surface area contributed by atoms with Gasteiger partial charge in [-0.3, -0.25) is 4.79 Å². The maximum Gasteiger partial charge on any atom is 0.340 e. The molecule has 0 saturated carbocycles. The second-order valence-electron chi connectivity index (χ2n) is 8.32. The number of methoxy groups -OCH3 is 3. The molecule has 1 N–H and O–H groups in total. The van der Waals surface area contributed by atoms with Gasteiger partial charge in [0.05, 0.1) is 32.4 Å². The lowest BCUT2D eigenvalue weighted by Gasteiger charge is -2.20. The number of phenols is 1. The van der Waals surface area contributed by atoms with Crippen LogP contribution in [0.1, 0.15) is 52.6 Å². The lowest BCUT2D eigenvalue weighted by atomic mass is 10.00. The second kappa shape index (κ2) is 8.45. The molecular weight excluding hydrogens is 414 g/mol. The number of benzene rings is 1. The summed E-state index contributed by atoms with van der Waals surface area (Å²) < 4.78 is 23.2. The third kappa shape index (κ3) is 4.21. The summed E-state index contributed by atoms with van der Waals surface area (Å²) in [5.74, 6) is -1.05. The van der Waals surface area contributed by atoms with Crippen molar-refractivity contribution in [2.45, 2.75) is 33.3 Å². The molecular formula is C24H27NO7. The summed E-state index contributed by atoms with van der Waals surface area (Å²) in [6.45, 7) is 7.20. The molecule has 1 aromatic carbocycles. The van der Waals surface area contributed by atoms with Gasteiger partial charge in [0.25, 0.3) is 0 Å². The number of carbonyl (C=O) groups excluding carboxylic acids is 2. The average Bonchev–Trinajstić information content (AvgIpc) is 3.10. The third-order valence-corrected chi connectivity index (χ3v) is 4.76. The predicted molar refractivity (Wildman–Crippen MR) is 118 cm³/mol. The number of nitrogens with zero attached hydrogens (tertiary/aromatic N) is 1. The number of hydrogen-bond donors (Lipinski definition) is 1. The molecule has 170 valence electrons. The fraction of sp³-hybridized carbons (Fsp3) is 0.333. The maximum atomic E-state index is 13.5. The van der Waals surface area contributed by atoms with Crippen molar-refractivity contribution in [2.24, 2.45) is 0 Å². The molecule has 2 aromatic heterocycles. The first-order chi connectivity index (χ1) is 15.0. The van der Waals surface area contributed by atoms with E-state index in [4.69, 9.17) is 18.9 Å². The number of aromatic nitrogens is 1. The van der Waals surface area contributed by atoms with Crippen LogP contribution in [0.5, 0.6) is 23.0 Å². The van der Waals surface area contributed by atoms with E-state index in [1.54, 1.807) is 37.6 Å². The number of ketones is 1. The molecule has 0 unspecified atom stereocenters. The molecule has 0 spiro atoms. The van der Waals surface area contributed by atoms with Crippen molar-refractivity contribution in [1.29, 1.82) is 0 Å². The van der Waals surface area contributed by atoms with Crippen molar-refractivity contribution < 1.29 is 33.6 Å². The molecule has 8 heteroatoms. The van der Waals surface area contributed by atoms with Crippen LogP contribution in [0.3, 0.4) is 0 Å². The molecule has 3 rings (SSSR count). The third-order valence-electron chi connectivity index (χ3n) is 4.76. The molecule has 0 saturated heterocycles. The summed E-state index contributed by atoms with van der Waals surface area (Å²) in [6, 6.07) is 4.57. The van der Waals surface area contributed by atoms with Gasteiger partial charge >= 0.3 is 5.97 Å². The summed E-state index contributed by atoms with van der Waals surface area (Å²) >= 11 is 0. The van der Waals surface area contributed by atoms with Crippen LogP contribution < -0.4 is 14.2 Å². The Balaban J connectivity index is 2.23. The van der Waals surface area contributed by atoms with Crippen LogP contribution >= 0.6 is 0 Å². The van der Waals surface area contributed by atoms with Crippen LogP contribution in [0.15, 0.2) is 30.6 Å². The number of hydrogen-bond acceptors (Lipinski definition) is 7. The van der Waals surface area contributed by atoms with E-state index in [1.807, 2.05) is 13.0 Å². The van der Waals surface area contributed by atoms with E-state index in [9.17, 15) is 14.7 Å². The van der Waals surface area contributed by atoms with E-state index >= 15 is 0 Å². The van der Waals surface area contributed by atoms with Crippen LogP contribution in [0, 0.1) is 6.92 Å². The highest BCUT2D eigenvalue weighted by molar-refractivity contribution is 6.14. The van der Waals surface area contributed by atoms with E-state index < -0.39 is 17.4 Å². The number of phenolic OH excluding ortho intramolecular Hbond substituents is 1. The summed E-state index contributed by atoms with van der Waals surface area (Å²) in [5.41, 5.74) is 1.10. The highest BCUT2D eigenvalue weighted by Crippen LogP contribution is 2.45. The Labute approximate surface area is 186 Å². The van der Waals surface area contributed by atoms with Crippen LogP contribution in [-0.2, 0) is 4.74 Å². The second-order valence-corrected chi connectivity index (χ2v) is 8.32. The number of carbonyl (C=O) groups is 2. The fourth-order valence-corrected chi connectivity index (χ4v) is 3.48. The topological polar surface area (TPSA) is 95.7 Å². The van der Waals surface area contributed by atoms with Crippen molar-refractivity contribution in [1.82, 2.24) is 4.40 Å². The Hall–Kier alpha value is -3.68.